The van der Waals surface area contributed by atoms with Gasteiger partial charge in [-0.05, 0) is 94.0 Å². The Morgan fingerprint density at radius 3 is 2.24 bits per heavy atom. The Hall–Kier alpha value is -3.63. The van der Waals surface area contributed by atoms with Crippen LogP contribution in [0, 0.1) is 6.92 Å². The number of fused-ring (bicyclic) bond motifs is 1. The number of amides is 1. The number of nitrogens with zero attached hydrogens (tertiary/aromatic N) is 2. The van der Waals surface area contributed by atoms with Gasteiger partial charge in [0.2, 0.25) is 0 Å². The smallest absolute Gasteiger partial charge is 0.290 e. The van der Waals surface area contributed by atoms with Gasteiger partial charge in [-0.2, -0.15) is 0 Å². The maximum absolute atomic E-state index is 14.3. The minimum absolute atomic E-state index is 0.0178. The highest BCUT2D eigenvalue weighted by Crippen LogP contribution is 2.46. The van der Waals surface area contributed by atoms with Gasteiger partial charge >= 0.3 is 0 Å². The lowest BCUT2D eigenvalue weighted by atomic mass is 9.62. The summed E-state index contributed by atoms with van der Waals surface area (Å²) >= 11 is 0. The number of rotatable bonds is 9. The number of benzene rings is 3. The van der Waals surface area contributed by atoms with E-state index in [-0.39, 0.29) is 22.8 Å². The van der Waals surface area contributed by atoms with Gasteiger partial charge in [-0.1, -0.05) is 108 Å². The van der Waals surface area contributed by atoms with Crippen LogP contribution in [0.25, 0.3) is 0 Å². The quantitative estimate of drug-likeness (QED) is 0.188. The number of likely N-dealkylation sites (tertiary alicyclic amines) is 1. The molecule has 1 amide bonds. The van der Waals surface area contributed by atoms with Crippen molar-refractivity contribution < 1.29 is 9.21 Å². The van der Waals surface area contributed by atoms with Gasteiger partial charge in [-0.3, -0.25) is 9.69 Å². The van der Waals surface area contributed by atoms with Crippen LogP contribution in [0.15, 0.2) is 83.3 Å². The van der Waals surface area contributed by atoms with Crippen molar-refractivity contribution >= 4 is 5.91 Å². The number of hydrogen-bond donors (Lipinski definition) is 0. The van der Waals surface area contributed by atoms with Gasteiger partial charge in [-0.15, -0.1) is 0 Å². The Kier molecular flexibility index (Phi) is 9.04. The van der Waals surface area contributed by atoms with Gasteiger partial charge in [0, 0.05) is 38.6 Å². The van der Waals surface area contributed by atoms with Crippen molar-refractivity contribution in [3.05, 3.63) is 129 Å². The predicted octanol–water partition coefficient (Wildman–Crippen LogP) is 9.57. The molecule has 0 bridgehead atoms. The predicted molar refractivity (Wildman–Crippen MR) is 189 cm³/mol. The Balaban J connectivity index is 1.23. The number of hydrogen-bond acceptors (Lipinski definition) is 3. The number of carbonyl (C=O) groups excluding carboxylic acids is 1. The van der Waals surface area contributed by atoms with Crippen molar-refractivity contribution in [1.29, 1.82) is 0 Å². The molecule has 1 fully saturated rings. The van der Waals surface area contributed by atoms with Crippen LogP contribution >= 0.6 is 0 Å². The van der Waals surface area contributed by atoms with Crippen LogP contribution in [0.2, 0.25) is 0 Å². The van der Waals surface area contributed by atoms with E-state index in [1.807, 2.05) is 12.1 Å². The van der Waals surface area contributed by atoms with Crippen molar-refractivity contribution in [2.24, 2.45) is 0 Å². The van der Waals surface area contributed by atoms with Crippen molar-refractivity contribution in [3.63, 3.8) is 0 Å². The van der Waals surface area contributed by atoms with E-state index in [2.05, 4.69) is 125 Å². The molecule has 0 spiro atoms. The van der Waals surface area contributed by atoms with Gasteiger partial charge in [0.25, 0.3) is 5.91 Å². The molecule has 0 radical (unpaired) electrons. The molecule has 1 aliphatic carbocycles. The summed E-state index contributed by atoms with van der Waals surface area (Å²) in [7, 11) is 0. The highest BCUT2D eigenvalue weighted by Gasteiger charge is 2.38. The molecular weight excluding hydrogens is 564 g/mol. The van der Waals surface area contributed by atoms with Crippen molar-refractivity contribution in [1.82, 2.24) is 9.80 Å². The van der Waals surface area contributed by atoms with E-state index < -0.39 is 0 Å². The van der Waals surface area contributed by atoms with E-state index in [0.717, 1.165) is 37.4 Å². The number of aryl methyl sites for hydroxylation is 1. The lowest BCUT2D eigenvalue weighted by Crippen LogP contribution is -2.41. The molecule has 6 rings (SSSR count). The summed E-state index contributed by atoms with van der Waals surface area (Å²) in [4.78, 5) is 18.8. The first-order chi connectivity index (χ1) is 21.9. The fraction of sp³-hybridized carbons (Fsp3) is 0.452. The SMILES string of the molecule is Cc1cc2c(cc1Cc1ccc(C(=O)N(Cc3ccc(C(C)C)cc3)C3CCN(Cc4ccccc4)C3)o1)C(C)(C)CCC2(C)C. The second-order valence-corrected chi connectivity index (χ2v) is 15.5. The molecule has 1 aliphatic heterocycles. The van der Waals surface area contributed by atoms with E-state index in [1.54, 1.807) is 0 Å². The minimum Gasteiger partial charge on any atom is -0.456 e. The first-order valence-corrected chi connectivity index (χ1v) is 17.3. The van der Waals surface area contributed by atoms with E-state index >= 15 is 0 Å². The fourth-order valence-corrected chi connectivity index (χ4v) is 7.50. The zero-order valence-electron chi connectivity index (χ0n) is 29.0. The lowest BCUT2D eigenvalue weighted by Gasteiger charge is -2.42. The maximum atomic E-state index is 14.3. The van der Waals surface area contributed by atoms with Crippen LogP contribution in [0.1, 0.15) is 122 Å². The standard InChI is InChI=1S/C42H52N2O2/c1-29(2)33-15-13-32(14-16-33)27-44(35-19-22-43(28-35)26-31-11-9-8-10-12-31)40(45)39-18-17-36(46-39)24-34-25-38-37(23-30(34)3)41(4,5)20-21-42(38,6)7/h8-18,23,25,29,35H,19-22,24,26-28H2,1-7H3. The van der Waals surface area contributed by atoms with Gasteiger partial charge in [-0.25, -0.2) is 0 Å². The summed E-state index contributed by atoms with van der Waals surface area (Å²) < 4.78 is 6.39. The van der Waals surface area contributed by atoms with Gasteiger partial charge in [0.15, 0.2) is 5.76 Å². The Bertz CT molecular complexity index is 1660. The molecule has 2 aliphatic rings. The second-order valence-electron chi connectivity index (χ2n) is 15.5. The van der Waals surface area contributed by atoms with Crippen LogP contribution in [0.3, 0.4) is 0 Å². The molecule has 1 saturated heterocycles. The van der Waals surface area contributed by atoms with Crippen LogP contribution in [-0.4, -0.2) is 34.8 Å². The second kappa shape index (κ2) is 12.9. The first-order valence-electron chi connectivity index (χ1n) is 17.3. The lowest BCUT2D eigenvalue weighted by molar-refractivity contribution is 0.0630. The van der Waals surface area contributed by atoms with Crippen LogP contribution in [0.5, 0.6) is 0 Å². The molecule has 2 heterocycles. The summed E-state index contributed by atoms with van der Waals surface area (Å²) in [5.41, 5.74) is 9.65. The molecular formula is C42H52N2O2. The third-order valence-corrected chi connectivity index (χ3v) is 10.7. The Labute approximate surface area is 276 Å². The molecule has 4 heteroatoms. The normalized spacial score (nSPS) is 18.9. The Morgan fingerprint density at radius 1 is 0.891 bits per heavy atom. The van der Waals surface area contributed by atoms with Crippen molar-refractivity contribution in [2.45, 2.75) is 110 Å². The van der Waals surface area contributed by atoms with E-state index in [4.69, 9.17) is 4.42 Å². The molecule has 4 nitrogen and oxygen atoms in total. The first kappa shape index (κ1) is 32.3. The molecule has 0 saturated carbocycles. The molecule has 1 atom stereocenters. The molecule has 1 aromatic heterocycles. The van der Waals surface area contributed by atoms with Gasteiger partial charge < -0.3 is 9.32 Å². The number of furan rings is 1. The summed E-state index contributed by atoms with van der Waals surface area (Å²) in [5.74, 6) is 1.74. The summed E-state index contributed by atoms with van der Waals surface area (Å²) in [6.45, 7) is 19.5. The third kappa shape index (κ3) is 6.88. The van der Waals surface area contributed by atoms with Gasteiger partial charge in [0.1, 0.15) is 5.76 Å². The largest absolute Gasteiger partial charge is 0.456 e. The summed E-state index contributed by atoms with van der Waals surface area (Å²) in [6.07, 6.45) is 4.04. The zero-order valence-corrected chi connectivity index (χ0v) is 29.0. The van der Waals surface area contributed by atoms with E-state index in [9.17, 15) is 4.79 Å². The molecule has 242 valence electrons. The maximum Gasteiger partial charge on any atom is 0.290 e. The van der Waals surface area contributed by atoms with Crippen LogP contribution < -0.4 is 0 Å². The van der Waals surface area contributed by atoms with Gasteiger partial charge in [0.05, 0.1) is 0 Å². The number of carbonyl (C=O) groups is 1. The highest BCUT2D eigenvalue weighted by atomic mass is 16.4. The summed E-state index contributed by atoms with van der Waals surface area (Å²) in [6, 6.07) is 28.3. The summed E-state index contributed by atoms with van der Waals surface area (Å²) in [5, 5.41) is 0. The molecule has 46 heavy (non-hydrogen) atoms. The van der Waals surface area contributed by atoms with Crippen LogP contribution in [-0.2, 0) is 30.3 Å². The molecule has 1 unspecified atom stereocenters. The van der Waals surface area contributed by atoms with Crippen molar-refractivity contribution in [2.75, 3.05) is 13.1 Å². The van der Waals surface area contributed by atoms with Crippen molar-refractivity contribution in [3.8, 4) is 0 Å². The Morgan fingerprint density at radius 2 is 1.57 bits per heavy atom. The average Bonchev–Trinajstić information content (AvgIpc) is 3.69. The van der Waals surface area contributed by atoms with E-state index in [1.165, 1.54) is 46.2 Å². The molecule has 4 aromatic rings. The fourth-order valence-electron chi connectivity index (χ4n) is 7.50. The topological polar surface area (TPSA) is 36.7 Å². The zero-order chi connectivity index (χ0) is 32.6. The van der Waals surface area contributed by atoms with Crippen LogP contribution in [0.4, 0.5) is 0 Å². The molecule has 3 aromatic carbocycles. The molecule has 0 N–H and O–H groups in total. The van der Waals surface area contributed by atoms with E-state index in [0.29, 0.717) is 24.6 Å². The highest BCUT2D eigenvalue weighted by molar-refractivity contribution is 5.91. The monoisotopic (exact) mass is 616 g/mol. The average molecular weight is 617 g/mol. The third-order valence-electron chi connectivity index (χ3n) is 10.7. The minimum atomic E-state index is -0.0178.